The summed E-state index contributed by atoms with van der Waals surface area (Å²) in [5.41, 5.74) is 1.27. The van der Waals surface area contributed by atoms with Gasteiger partial charge in [-0.2, -0.15) is 0 Å². The van der Waals surface area contributed by atoms with Gasteiger partial charge in [0.15, 0.2) is 0 Å². The third-order valence-corrected chi connectivity index (χ3v) is 4.14. The summed E-state index contributed by atoms with van der Waals surface area (Å²) in [6.45, 7) is 11.6. The molecule has 4 heteroatoms. The molecule has 0 amide bonds. The molecule has 0 aliphatic rings. The molecule has 0 aliphatic heterocycles. The highest BCUT2D eigenvalue weighted by molar-refractivity contribution is 7.09. The maximum Gasteiger partial charge on any atom is 0.0982 e. The molecule has 1 aromatic rings. The summed E-state index contributed by atoms with van der Waals surface area (Å²) in [5.74, 6) is 0. The number of aliphatic hydroxyl groups is 1. The van der Waals surface area contributed by atoms with Crippen molar-refractivity contribution in [1.29, 1.82) is 0 Å². The van der Waals surface area contributed by atoms with E-state index in [0.717, 1.165) is 25.3 Å². The van der Waals surface area contributed by atoms with Gasteiger partial charge < -0.3 is 5.11 Å². The third-order valence-electron chi connectivity index (χ3n) is 2.82. The van der Waals surface area contributed by atoms with Crippen molar-refractivity contribution in [2.45, 2.75) is 52.5 Å². The highest BCUT2D eigenvalue weighted by Crippen LogP contribution is 2.25. The van der Waals surface area contributed by atoms with Crippen molar-refractivity contribution < 1.29 is 5.11 Å². The monoisotopic (exact) mass is 270 g/mol. The van der Waals surface area contributed by atoms with Crippen LogP contribution in [0.25, 0.3) is 0 Å². The molecule has 0 spiro atoms. The van der Waals surface area contributed by atoms with Crippen LogP contribution < -0.4 is 0 Å². The molecule has 0 aromatic carbocycles. The molecule has 0 fully saturated rings. The van der Waals surface area contributed by atoms with Crippen LogP contribution in [-0.4, -0.2) is 34.7 Å². The topological polar surface area (TPSA) is 36.4 Å². The quantitative estimate of drug-likeness (QED) is 0.827. The highest BCUT2D eigenvalue weighted by Gasteiger charge is 2.18. The summed E-state index contributed by atoms with van der Waals surface area (Å²) in [5, 5.41) is 12.4. The molecule has 18 heavy (non-hydrogen) atoms. The first-order valence-corrected chi connectivity index (χ1v) is 7.63. The van der Waals surface area contributed by atoms with E-state index in [1.807, 2.05) is 0 Å². The van der Waals surface area contributed by atoms with Gasteiger partial charge in [-0.3, -0.25) is 4.90 Å². The molecule has 0 aliphatic carbocycles. The van der Waals surface area contributed by atoms with Gasteiger partial charge in [-0.25, -0.2) is 4.98 Å². The van der Waals surface area contributed by atoms with Crippen LogP contribution in [0, 0.1) is 0 Å². The molecule has 0 saturated heterocycles. The molecule has 0 atom stereocenters. The summed E-state index contributed by atoms with van der Waals surface area (Å²) < 4.78 is 0. The Morgan fingerprint density at radius 3 is 2.56 bits per heavy atom. The van der Waals surface area contributed by atoms with Gasteiger partial charge in [-0.15, -0.1) is 11.3 Å². The van der Waals surface area contributed by atoms with Gasteiger partial charge in [0.2, 0.25) is 0 Å². The molecule has 0 bridgehead atoms. The molecule has 0 saturated carbocycles. The van der Waals surface area contributed by atoms with Gasteiger partial charge in [0, 0.05) is 23.9 Å². The molecular formula is C14H26N2OS. The number of nitrogens with zero attached hydrogens (tertiary/aromatic N) is 2. The molecule has 1 N–H and O–H groups in total. The molecule has 1 rings (SSSR count). The fourth-order valence-corrected chi connectivity index (χ4v) is 2.64. The number of unbranched alkanes of at least 4 members (excludes halogenated alkanes) is 1. The number of rotatable bonds is 7. The molecule has 104 valence electrons. The van der Waals surface area contributed by atoms with Gasteiger partial charge in [-0.05, 0) is 13.0 Å². The van der Waals surface area contributed by atoms with Crippen LogP contribution in [0.1, 0.15) is 51.2 Å². The van der Waals surface area contributed by atoms with E-state index < -0.39 is 0 Å². The second kappa shape index (κ2) is 7.22. The van der Waals surface area contributed by atoms with Gasteiger partial charge in [0.1, 0.15) is 0 Å². The first-order chi connectivity index (χ1) is 8.47. The van der Waals surface area contributed by atoms with Crippen LogP contribution >= 0.6 is 11.3 Å². The van der Waals surface area contributed by atoms with E-state index >= 15 is 0 Å². The average molecular weight is 270 g/mol. The standard InChI is InChI=1S/C14H26N2OS/c1-5-6-7-16(8-9-17)10-12-11-18-13(15-12)14(2,3)4/h11,17H,5-10H2,1-4H3. The molecule has 1 aromatic heterocycles. The van der Waals surface area contributed by atoms with E-state index in [1.165, 1.54) is 17.8 Å². The first-order valence-electron chi connectivity index (χ1n) is 6.75. The Bertz CT molecular complexity index is 344. The molecule has 0 radical (unpaired) electrons. The minimum absolute atomic E-state index is 0.133. The summed E-state index contributed by atoms with van der Waals surface area (Å²) in [6, 6.07) is 0. The van der Waals surface area contributed by atoms with Crippen LogP contribution in [0.5, 0.6) is 0 Å². The van der Waals surface area contributed by atoms with E-state index in [2.05, 4.69) is 38.0 Å². The molecule has 1 heterocycles. The SMILES string of the molecule is CCCCN(CCO)Cc1csc(C(C)(C)C)n1. The smallest absolute Gasteiger partial charge is 0.0982 e. The van der Waals surface area contributed by atoms with E-state index in [1.54, 1.807) is 11.3 Å². The van der Waals surface area contributed by atoms with Crippen LogP contribution in [0.15, 0.2) is 5.38 Å². The maximum atomic E-state index is 9.09. The van der Waals surface area contributed by atoms with Crippen molar-refractivity contribution in [3.63, 3.8) is 0 Å². The lowest BCUT2D eigenvalue weighted by Crippen LogP contribution is -2.27. The Morgan fingerprint density at radius 2 is 2.06 bits per heavy atom. The summed E-state index contributed by atoms with van der Waals surface area (Å²) in [7, 11) is 0. The Balaban J connectivity index is 2.60. The lowest BCUT2D eigenvalue weighted by molar-refractivity contribution is 0.187. The second-order valence-corrected chi connectivity index (χ2v) is 6.61. The summed E-state index contributed by atoms with van der Waals surface area (Å²) >= 11 is 1.74. The predicted molar refractivity (Wildman–Crippen MR) is 78.1 cm³/mol. The maximum absolute atomic E-state index is 9.09. The van der Waals surface area contributed by atoms with Crippen LogP contribution in [0.4, 0.5) is 0 Å². The average Bonchev–Trinajstić information content (AvgIpc) is 2.74. The zero-order valence-electron chi connectivity index (χ0n) is 12.1. The van der Waals surface area contributed by atoms with Crippen LogP contribution in [0.3, 0.4) is 0 Å². The van der Waals surface area contributed by atoms with Crippen molar-refractivity contribution in [1.82, 2.24) is 9.88 Å². The van der Waals surface area contributed by atoms with Gasteiger partial charge in [0.05, 0.1) is 17.3 Å². The van der Waals surface area contributed by atoms with Crippen molar-refractivity contribution in [3.8, 4) is 0 Å². The Morgan fingerprint density at radius 1 is 1.33 bits per heavy atom. The van der Waals surface area contributed by atoms with E-state index in [9.17, 15) is 0 Å². The van der Waals surface area contributed by atoms with Crippen molar-refractivity contribution in [3.05, 3.63) is 16.1 Å². The minimum atomic E-state index is 0.133. The predicted octanol–water partition coefficient (Wildman–Crippen LogP) is 3.04. The Labute approximate surface area is 115 Å². The van der Waals surface area contributed by atoms with E-state index in [-0.39, 0.29) is 12.0 Å². The number of aliphatic hydroxyl groups excluding tert-OH is 1. The van der Waals surface area contributed by atoms with Crippen molar-refractivity contribution in [2.24, 2.45) is 0 Å². The number of hydrogen-bond acceptors (Lipinski definition) is 4. The highest BCUT2D eigenvalue weighted by atomic mass is 32.1. The number of aromatic nitrogens is 1. The molecule has 0 unspecified atom stereocenters. The van der Waals surface area contributed by atoms with E-state index in [0.29, 0.717) is 0 Å². The molecular weight excluding hydrogens is 244 g/mol. The Kier molecular flexibility index (Phi) is 6.26. The van der Waals surface area contributed by atoms with Crippen LogP contribution in [0.2, 0.25) is 0 Å². The third kappa shape index (κ3) is 5.04. The fourth-order valence-electron chi connectivity index (χ4n) is 1.75. The van der Waals surface area contributed by atoms with Crippen molar-refractivity contribution in [2.75, 3.05) is 19.7 Å². The lowest BCUT2D eigenvalue weighted by Gasteiger charge is -2.20. The lowest BCUT2D eigenvalue weighted by atomic mass is 9.98. The van der Waals surface area contributed by atoms with E-state index in [4.69, 9.17) is 10.1 Å². The summed E-state index contributed by atoms with van der Waals surface area (Å²) in [6.07, 6.45) is 2.36. The fraction of sp³-hybridized carbons (Fsp3) is 0.786. The number of thiazole rings is 1. The largest absolute Gasteiger partial charge is 0.395 e. The first kappa shape index (κ1) is 15.6. The van der Waals surface area contributed by atoms with Gasteiger partial charge in [-0.1, -0.05) is 34.1 Å². The minimum Gasteiger partial charge on any atom is -0.395 e. The summed E-state index contributed by atoms with van der Waals surface area (Å²) in [4.78, 5) is 6.99. The van der Waals surface area contributed by atoms with Gasteiger partial charge >= 0.3 is 0 Å². The van der Waals surface area contributed by atoms with Gasteiger partial charge in [0.25, 0.3) is 0 Å². The number of hydrogen-bond donors (Lipinski definition) is 1. The zero-order valence-corrected chi connectivity index (χ0v) is 12.9. The zero-order chi connectivity index (χ0) is 13.6. The Hall–Kier alpha value is -0.450. The second-order valence-electron chi connectivity index (χ2n) is 5.75. The molecule has 3 nitrogen and oxygen atoms in total. The van der Waals surface area contributed by atoms with Crippen molar-refractivity contribution >= 4 is 11.3 Å². The van der Waals surface area contributed by atoms with Crippen LogP contribution in [-0.2, 0) is 12.0 Å². The normalized spacial score (nSPS) is 12.3.